The summed E-state index contributed by atoms with van der Waals surface area (Å²) >= 11 is 0. The van der Waals surface area contributed by atoms with Gasteiger partial charge in [-0.15, -0.1) is 0 Å². The molecule has 0 saturated carbocycles. The minimum atomic E-state index is -0.507. The zero-order chi connectivity index (χ0) is 12.2. The second-order valence-corrected chi connectivity index (χ2v) is 4.48. The van der Waals surface area contributed by atoms with Crippen molar-refractivity contribution in [2.75, 3.05) is 0 Å². The van der Waals surface area contributed by atoms with Gasteiger partial charge in [0.25, 0.3) is 0 Å². The van der Waals surface area contributed by atoms with Gasteiger partial charge >= 0.3 is 6.09 Å². The summed E-state index contributed by atoms with van der Waals surface area (Å²) in [5.74, 6) is -0.291. The summed E-state index contributed by atoms with van der Waals surface area (Å²) in [7, 11) is 0. The van der Waals surface area contributed by atoms with Crippen LogP contribution in [0.5, 0.6) is 0 Å². The van der Waals surface area contributed by atoms with Crippen LogP contribution in [0.1, 0.15) is 26.3 Å². The fraction of sp³-hybridized carbons (Fsp3) is 0.417. The van der Waals surface area contributed by atoms with E-state index in [2.05, 4.69) is 5.32 Å². The van der Waals surface area contributed by atoms with E-state index in [1.165, 1.54) is 12.1 Å². The number of nitrogens with one attached hydrogen (secondary N) is 1. The quantitative estimate of drug-likeness (QED) is 0.840. The third kappa shape index (κ3) is 4.77. The molecule has 0 heterocycles. The molecule has 1 aromatic carbocycles. The van der Waals surface area contributed by atoms with Gasteiger partial charge in [-0.2, -0.15) is 0 Å². The summed E-state index contributed by atoms with van der Waals surface area (Å²) in [6.45, 7) is 5.72. The lowest BCUT2D eigenvalue weighted by Gasteiger charge is -2.19. The van der Waals surface area contributed by atoms with Gasteiger partial charge in [0.2, 0.25) is 0 Å². The minimum Gasteiger partial charge on any atom is -0.444 e. The van der Waals surface area contributed by atoms with E-state index in [1.807, 2.05) is 0 Å². The standard InChI is InChI=1S/C12H16FNO2/c1-12(2,3)16-11(15)14-8-9-4-6-10(13)7-5-9/h4-7H,8H2,1-3H3,(H,14,15). The van der Waals surface area contributed by atoms with E-state index in [4.69, 9.17) is 4.74 Å². The number of benzene rings is 1. The van der Waals surface area contributed by atoms with Crippen LogP contribution >= 0.6 is 0 Å². The molecular formula is C12H16FNO2. The summed E-state index contributed by atoms with van der Waals surface area (Å²) in [5.41, 5.74) is 0.319. The number of halogens is 1. The Bertz CT molecular complexity index is 354. The van der Waals surface area contributed by atoms with Crippen molar-refractivity contribution in [3.63, 3.8) is 0 Å². The number of rotatable bonds is 2. The smallest absolute Gasteiger partial charge is 0.407 e. The normalized spacial score (nSPS) is 11.0. The Labute approximate surface area is 94.6 Å². The SMILES string of the molecule is CC(C)(C)OC(=O)NCc1ccc(F)cc1. The largest absolute Gasteiger partial charge is 0.444 e. The van der Waals surface area contributed by atoms with Crippen molar-refractivity contribution in [3.8, 4) is 0 Å². The zero-order valence-corrected chi connectivity index (χ0v) is 9.71. The summed E-state index contributed by atoms with van der Waals surface area (Å²) in [6, 6.07) is 5.94. The van der Waals surface area contributed by atoms with E-state index < -0.39 is 11.7 Å². The van der Waals surface area contributed by atoms with Crippen LogP contribution in [0.3, 0.4) is 0 Å². The minimum absolute atomic E-state index is 0.291. The Morgan fingerprint density at radius 1 is 1.31 bits per heavy atom. The lowest BCUT2D eigenvalue weighted by atomic mass is 10.2. The molecule has 0 spiro atoms. The molecule has 16 heavy (non-hydrogen) atoms. The van der Waals surface area contributed by atoms with Crippen LogP contribution in [0.2, 0.25) is 0 Å². The maximum Gasteiger partial charge on any atom is 0.407 e. The predicted octanol–water partition coefficient (Wildman–Crippen LogP) is 2.85. The second-order valence-electron chi connectivity index (χ2n) is 4.48. The van der Waals surface area contributed by atoms with Gasteiger partial charge in [-0.05, 0) is 38.5 Å². The van der Waals surface area contributed by atoms with Gasteiger partial charge in [-0.25, -0.2) is 9.18 Å². The third-order valence-electron chi connectivity index (χ3n) is 1.75. The molecule has 0 saturated heterocycles. The van der Waals surface area contributed by atoms with Crippen LogP contribution in [0.4, 0.5) is 9.18 Å². The molecule has 1 amide bonds. The van der Waals surface area contributed by atoms with Gasteiger partial charge in [0.15, 0.2) is 0 Å². The molecule has 0 atom stereocenters. The highest BCUT2D eigenvalue weighted by Gasteiger charge is 2.15. The first-order valence-corrected chi connectivity index (χ1v) is 5.08. The molecule has 0 aliphatic heterocycles. The number of amides is 1. The average Bonchev–Trinajstić information content (AvgIpc) is 2.14. The molecule has 0 radical (unpaired) electrons. The molecule has 0 aliphatic carbocycles. The van der Waals surface area contributed by atoms with E-state index in [0.717, 1.165) is 5.56 Å². The number of alkyl carbamates (subject to hydrolysis) is 1. The van der Waals surface area contributed by atoms with Gasteiger partial charge in [0, 0.05) is 6.54 Å². The second kappa shape index (κ2) is 4.96. The highest BCUT2D eigenvalue weighted by molar-refractivity contribution is 5.67. The van der Waals surface area contributed by atoms with Crippen LogP contribution in [-0.4, -0.2) is 11.7 Å². The molecule has 88 valence electrons. The summed E-state index contributed by atoms with van der Waals surface area (Å²) in [5, 5.41) is 2.59. The highest BCUT2D eigenvalue weighted by atomic mass is 19.1. The van der Waals surface area contributed by atoms with Gasteiger partial charge in [0.05, 0.1) is 0 Å². The van der Waals surface area contributed by atoms with E-state index in [9.17, 15) is 9.18 Å². The van der Waals surface area contributed by atoms with Crippen LogP contribution in [0.15, 0.2) is 24.3 Å². The molecule has 0 aromatic heterocycles. The van der Waals surface area contributed by atoms with Gasteiger partial charge in [-0.3, -0.25) is 0 Å². The molecule has 1 aromatic rings. The van der Waals surface area contributed by atoms with Crippen molar-refractivity contribution in [1.82, 2.24) is 5.32 Å². The van der Waals surface area contributed by atoms with Crippen LogP contribution < -0.4 is 5.32 Å². The molecule has 0 fully saturated rings. The first-order valence-electron chi connectivity index (χ1n) is 5.08. The highest BCUT2D eigenvalue weighted by Crippen LogP contribution is 2.07. The monoisotopic (exact) mass is 225 g/mol. The molecule has 1 N–H and O–H groups in total. The zero-order valence-electron chi connectivity index (χ0n) is 9.71. The number of hydrogen-bond acceptors (Lipinski definition) is 2. The Kier molecular flexibility index (Phi) is 3.88. The van der Waals surface area contributed by atoms with E-state index in [-0.39, 0.29) is 5.82 Å². The van der Waals surface area contributed by atoms with Gasteiger partial charge < -0.3 is 10.1 Å². The molecule has 3 nitrogen and oxygen atoms in total. The van der Waals surface area contributed by atoms with E-state index in [1.54, 1.807) is 32.9 Å². The van der Waals surface area contributed by atoms with Crippen molar-refractivity contribution in [2.45, 2.75) is 32.9 Å². The fourth-order valence-electron chi connectivity index (χ4n) is 1.09. The Balaban J connectivity index is 2.40. The lowest BCUT2D eigenvalue weighted by Crippen LogP contribution is -2.32. The number of carbonyl (C=O) groups excluding carboxylic acids is 1. The van der Waals surface area contributed by atoms with E-state index >= 15 is 0 Å². The molecular weight excluding hydrogens is 209 g/mol. The van der Waals surface area contributed by atoms with Crippen LogP contribution in [0.25, 0.3) is 0 Å². The molecule has 0 unspecified atom stereocenters. The maximum atomic E-state index is 12.6. The van der Waals surface area contributed by atoms with Crippen molar-refractivity contribution < 1.29 is 13.9 Å². The number of hydrogen-bond donors (Lipinski definition) is 1. The summed E-state index contributed by atoms with van der Waals surface area (Å²) in [6.07, 6.45) is -0.475. The summed E-state index contributed by atoms with van der Waals surface area (Å²) in [4.78, 5) is 11.3. The third-order valence-corrected chi connectivity index (χ3v) is 1.75. The van der Waals surface area contributed by atoms with Crippen LogP contribution in [0, 0.1) is 5.82 Å². The van der Waals surface area contributed by atoms with Crippen molar-refractivity contribution >= 4 is 6.09 Å². The lowest BCUT2D eigenvalue weighted by molar-refractivity contribution is 0.0523. The molecule has 0 aliphatic rings. The van der Waals surface area contributed by atoms with Gasteiger partial charge in [-0.1, -0.05) is 12.1 Å². The molecule has 4 heteroatoms. The number of carbonyl (C=O) groups is 1. The van der Waals surface area contributed by atoms with E-state index in [0.29, 0.717) is 6.54 Å². The van der Waals surface area contributed by atoms with Crippen LogP contribution in [-0.2, 0) is 11.3 Å². The first kappa shape index (κ1) is 12.5. The fourth-order valence-corrected chi connectivity index (χ4v) is 1.09. The van der Waals surface area contributed by atoms with Crippen molar-refractivity contribution in [3.05, 3.63) is 35.6 Å². The predicted molar refractivity (Wildman–Crippen MR) is 59.5 cm³/mol. The van der Waals surface area contributed by atoms with Gasteiger partial charge in [0.1, 0.15) is 11.4 Å². The average molecular weight is 225 g/mol. The Morgan fingerprint density at radius 3 is 2.38 bits per heavy atom. The summed E-state index contributed by atoms with van der Waals surface area (Å²) < 4.78 is 17.7. The Hall–Kier alpha value is -1.58. The molecule has 0 bridgehead atoms. The maximum absolute atomic E-state index is 12.6. The first-order chi connectivity index (χ1) is 7.37. The molecule has 1 rings (SSSR count). The van der Waals surface area contributed by atoms with Crippen molar-refractivity contribution in [2.24, 2.45) is 0 Å². The topological polar surface area (TPSA) is 38.3 Å². The van der Waals surface area contributed by atoms with Crippen molar-refractivity contribution in [1.29, 1.82) is 0 Å². The Morgan fingerprint density at radius 2 is 1.88 bits per heavy atom. The number of ether oxygens (including phenoxy) is 1.